The maximum atomic E-state index is 11.4. The zero-order chi connectivity index (χ0) is 13.4. The number of pyridine rings is 1. The van der Waals surface area contributed by atoms with Crippen LogP contribution in [0.1, 0.15) is 19.5 Å². The van der Waals surface area contributed by atoms with Crippen LogP contribution in [0, 0.1) is 0 Å². The highest BCUT2D eigenvalue weighted by molar-refractivity contribution is 5.77. The molecule has 100 valence electrons. The van der Waals surface area contributed by atoms with E-state index in [0.29, 0.717) is 19.6 Å². The van der Waals surface area contributed by atoms with Crippen molar-refractivity contribution in [3.63, 3.8) is 0 Å². The SMILES string of the molecule is CCNC(=O)CN(C)Cc1cc(NCC)ccn1. The Bertz CT molecular complexity index is 381. The summed E-state index contributed by atoms with van der Waals surface area (Å²) in [5.41, 5.74) is 2.02. The molecule has 5 nitrogen and oxygen atoms in total. The van der Waals surface area contributed by atoms with Gasteiger partial charge in [-0.2, -0.15) is 0 Å². The number of aromatic nitrogens is 1. The summed E-state index contributed by atoms with van der Waals surface area (Å²) in [6.45, 7) is 6.58. The highest BCUT2D eigenvalue weighted by Crippen LogP contribution is 2.08. The van der Waals surface area contributed by atoms with Crippen LogP contribution in [0.3, 0.4) is 0 Å². The Morgan fingerprint density at radius 3 is 2.83 bits per heavy atom. The van der Waals surface area contributed by atoms with E-state index in [1.54, 1.807) is 6.20 Å². The molecule has 2 N–H and O–H groups in total. The number of carbonyl (C=O) groups is 1. The first kappa shape index (κ1) is 14.4. The maximum absolute atomic E-state index is 11.4. The van der Waals surface area contributed by atoms with E-state index in [1.807, 2.05) is 31.0 Å². The topological polar surface area (TPSA) is 57.3 Å². The van der Waals surface area contributed by atoms with Crippen molar-refractivity contribution in [3.8, 4) is 0 Å². The summed E-state index contributed by atoms with van der Waals surface area (Å²) in [6, 6.07) is 3.95. The molecule has 1 aromatic rings. The fraction of sp³-hybridized carbons (Fsp3) is 0.538. The smallest absolute Gasteiger partial charge is 0.234 e. The van der Waals surface area contributed by atoms with Gasteiger partial charge in [-0.1, -0.05) is 0 Å². The molecule has 0 aliphatic rings. The third kappa shape index (κ3) is 5.14. The molecule has 5 heteroatoms. The van der Waals surface area contributed by atoms with Crippen molar-refractivity contribution in [2.75, 3.05) is 32.0 Å². The number of likely N-dealkylation sites (N-methyl/N-ethyl adjacent to an activating group) is 2. The van der Waals surface area contributed by atoms with Crippen molar-refractivity contribution in [1.82, 2.24) is 15.2 Å². The number of hydrogen-bond acceptors (Lipinski definition) is 4. The Morgan fingerprint density at radius 1 is 1.39 bits per heavy atom. The minimum absolute atomic E-state index is 0.0443. The summed E-state index contributed by atoms with van der Waals surface area (Å²) in [5, 5.41) is 6.02. The highest BCUT2D eigenvalue weighted by atomic mass is 16.1. The first-order valence-electron chi connectivity index (χ1n) is 6.29. The molecular weight excluding hydrogens is 228 g/mol. The Hall–Kier alpha value is -1.62. The van der Waals surface area contributed by atoms with Gasteiger partial charge in [0.1, 0.15) is 0 Å². The van der Waals surface area contributed by atoms with Gasteiger partial charge in [-0.05, 0) is 33.0 Å². The fourth-order valence-corrected chi connectivity index (χ4v) is 1.71. The number of amides is 1. The number of nitrogens with one attached hydrogen (secondary N) is 2. The number of hydrogen-bond donors (Lipinski definition) is 2. The lowest BCUT2D eigenvalue weighted by Gasteiger charge is -2.16. The summed E-state index contributed by atoms with van der Waals surface area (Å²) >= 11 is 0. The van der Waals surface area contributed by atoms with E-state index in [1.165, 1.54) is 0 Å². The molecule has 1 aromatic heterocycles. The van der Waals surface area contributed by atoms with Gasteiger partial charge in [0.05, 0.1) is 12.2 Å². The molecule has 0 fully saturated rings. The molecule has 0 spiro atoms. The molecule has 1 rings (SSSR count). The van der Waals surface area contributed by atoms with Crippen LogP contribution < -0.4 is 10.6 Å². The zero-order valence-corrected chi connectivity index (χ0v) is 11.4. The van der Waals surface area contributed by atoms with Gasteiger partial charge in [0.25, 0.3) is 0 Å². The highest BCUT2D eigenvalue weighted by Gasteiger charge is 2.07. The molecule has 0 aliphatic carbocycles. The normalized spacial score (nSPS) is 10.4. The average molecular weight is 250 g/mol. The summed E-state index contributed by atoms with van der Waals surface area (Å²) < 4.78 is 0. The van der Waals surface area contributed by atoms with Crippen LogP contribution in [0.15, 0.2) is 18.3 Å². The van der Waals surface area contributed by atoms with Gasteiger partial charge in [-0.15, -0.1) is 0 Å². The predicted octanol–water partition coefficient (Wildman–Crippen LogP) is 1.08. The summed E-state index contributed by atoms with van der Waals surface area (Å²) in [7, 11) is 1.91. The summed E-state index contributed by atoms with van der Waals surface area (Å²) in [5.74, 6) is 0.0443. The first-order valence-corrected chi connectivity index (χ1v) is 6.29. The Balaban J connectivity index is 2.50. The van der Waals surface area contributed by atoms with Crippen molar-refractivity contribution >= 4 is 11.6 Å². The lowest BCUT2D eigenvalue weighted by Crippen LogP contribution is -2.34. The summed E-state index contributed by atoms with van der Waals surface area (Å²) in [6.07, 6.45) is 1.79. The molecule has 0 saturated heterocycles. The number of anilines is 1. The molecular formula is C13H22N4O. The zero-order valence-electron chi connectivity index (χ0n) is 11.4. The Morgan fingerprint density at radius 2 is 2.17 bits per heavy atom. The number of rotatable bonds is 7. The van der Waals surface area contributed by atoms with E-state index < -0.39 is 0 Å². The van der Waals surface area contributed by atoms with Crippen LogP contribution in [-0.2, 0) is 11.3 Å². The van der Waals surface area contributed by atoms with Crippen LogP contribution >= 0.6 is 0 Å². The average Bonchev–Trinajstić information content (AvgIpc) is 2.29. The van der Waals surface area contributed by atoms with E-state index >= 15 is 0 Å². The molecule has 0 aromatic carbocycles. The lowest BCUT2D eigenvalue weighted by atomic mass is 10.3. The quantitative estimate of drug-likeness (QED) is 0.760. The molecule has 0 radical (unpaired) electrons. The van der Waals surface area contributed by atoms with E-state index in [-0.39, 0.29) is 5.91 Å². The Kier molecular flexibility index (Phi) is 6.14. The van der Waals surface area contributed by atoms with Gasteiger partial charge < -0.3 is 10.6 Å². The van der Waals surface area contributed by atoms with Crippen LogP contribution in [0.5, 0.6) is 0 Å². The number of nitrogens with zero attached hydrogens (tertiary/aromatic N) is 2. The van der Waals surface area contributed by atoms with Gasteiger partial charge in [-0.3, -0.25) is 14.7 Å². The van der Waals surface area contributed by atoms with Gasteiger partial charge in [0.15, 0.2) is 0 Å². The third-order valence-electron chi connectivity index (χ3n) is 2.42. The summed E-state index contributed by atoms with van der Waals surface area (Å²) in [4.78, 5) is 17.7. The molecule has 18 heavy (non-hydrogen) atoms. The van der Waals surface area contributed by atoms with E-state index in [9.17, 15) is 4.79 Å². The monoisotopic (exact) mass is 250 g/mol. The van der Waals surface area contributed by atoms with Crippen LogP contribution in [0.25, 0.3) is 0 Å². The van der Waals surface area contributed by atoms with E-state index in [2.05, 4.69) is 22.5 Å². The second kappa shape index (κ2) is 7.66. The maximum Gasteiger partial charge on any atom is 0.234 e. The van der Waals surface area contributed by atoms with Crippen molar-refractivity contribution in [2.45, 2.75) is 20.4 Å². The van der Waals surface area contributed by atoms with Crippen molar-refractivity contribution in [1.29, 1.82) is 0 Å². The molecule has 0 saturated carbocycles. The van der Waals surface area contributed by atoms with Crippen molar-refractivity contribution in [3.05, 3.63) is 24.0 Å². The lowest BCUT2D eigenvalue weighted by molar-refractivity contribution is -0.121. The standard InChI is InChI=1S/C13H22N4O/c1-4-14-11-6-7-16-12(8-11)9-17(3)10-13(18)15-5-2/h6-8H,4-5,9-10H2,1-3H3,(H,14,16)(H,15,18). The predicted molar refractivity (Wildman–Crippen MR) is 73.4 cm³/mol. The second-order valence-corrected chi connectivity index (χ2v) is 4.19. The van der Waals surface area contributed by atoms with E-state index in [4.69, 9.17) is 0 Å². The number of carbonyl (C=O) groups excluding carboxylic acids is 1. The molecule has 1 heterocycles. The first-order chi connectivity index (χ1) is 8.65. The third-order valence-corrected chi connectivity index (χ3v) is 2.42. The molecule has 0 bridgehead atoms. The van der Waals surface area contributed by atoms with E-state index in [0.717, 1.165) is 17.9 Å². The van der Waals surface area contributed by atoms with Crippen molar-refractivity contribution < 1.29 is 4.79 Å². The van der Waals surface area contributed by atoms with Gasteiger partial charge in [-0.25, -0.2) is 0 Å². The minimum atomic E-state index is 0.0443. The molecule has 0 atom stereocenters. The fourth-order valence-electron chi connectivity index (χ4n) is 1.71. The molecule has 0 unspecified atom stereocenters. The van der Waals surface area contributed by atoms with Crippen LogP contribution in [-0.4, -0.2) is 42.5 Å². The minimum Gasteiger partial charge on any atom is -0.385 e. The van der Waals surface area contributed by atoms with Crippen LogP contribution in [0.2, 0.25) is 0 Å². The van der Waals surface area contributed by atoms with Gasteiger partial charge >= 0.3 is 0 Å². The van der Waals surface area contributed by atoms with Crippen LogP contribution in [0.4, 0.5) is 5.69 Å². The van der Waals surface area contributed by atoms with Crippen molar-refractivity contribution in [2.24, 2.45) is 0 Å². The second-order valence-electron chi connectivity index (χ2n) is 4.19. The molecule has 0 aliphatic heterocycles. The Labute approximate surface area is 109 Å². The van der Waals surface area contributed by atoms with Gasteiger partial charge in [0.2, 0.25) is 5.91 Å². The molecule has 1 amide bonds. The largest absolute Gasteiger partial charge is 0.385 e. The van der Waals surface area contributed by atoms with Gasteiger partial charge in [0, 0.05) is 31.5 Å².